The Hall–Kier alpha value is -1.23. The zero-order chi connectivity index (χ0) is 13.8. The van der Waals surface area contributed by atoms with Gasteiger partial charge in [-0.05, 0) is 0 Å². The van der Waals surface area contributed by atoms with Crippen LogP contribution in [0.25, 0.3) is 5.69 Å². The van der Waals surface area contributed by atoms with Crippen LogP contribution in [-0.4, -0.2) is 33.3 Å². The fraction of sp³-hybridized carbons (Fsp3) is 0.231. The predicted octanol–water partition coefficient (Wildman–Crippen LogP) is 0.992. The fourth-order valence-corrected chi connectivity index (χ4v) is 4.66. The number of benzene rings is 1. The van der Waals surface area contributed by atoms with Gasteiger partial charge in [-0.15, -0.1) is 0 Å². The Morgan fingerprint density at radius 1 is 1.42 bits per heavy atom. The first kappa shape index (κ1) is 14.2. The molecule has 1 heterocycles. The Morgan fingerprint density at radius 3 is 2.68 bits per heavy atom. The average Bonchev–Trinajstić information content (AvgIpc) is 2.77. The van der Waals surface area contributed by atoms with Crippen molar-refractivity contribution in [2.45, 2.75) is 10.8 Å². The third-order valence-electron chi connectivity index (χ3n) is 2.42. The molecule has 0 radical (unpaired) electrons. The summed E-state index contributed by atoms with van der Waals surface area (Å²) >= 11 is 1.22. The number of para-hydroxylation sites is 1. The van der Waals surface area contributed by atoms with Crippen LogP contribution < -0.4 is 9.67 Å². The van der Waals surface area contributed by atoms with Gasteiger partial charge in [-0.2, -0.15) is 0 Å². The van der Waals surface area contributed by atoms with Gasteiger partial charge in [-0.25, -0.2) is 0 Å². The zero-order valence-electron chi connectivity index (χ0n) is 10.6. The molecule has 0 saturated heterocycles. The molecule has 0 fully saturated rings. The molecule has 0 saturated carbocycles. The molecular weight excluding hydrogens is 329 g/mol. The molecule has 100 valence electrons. The van der Waals surface area contributed by atoms with Crippen LogP contribution in [0, 0.1) is 0 Å². The molecule has 0 bridgehead atoms. The number of thioether (sulfide) groups is 1. The average molecular weight is 342 g/mol. The van der Waals surface area contributed by atoms with E-state index in [0.29, 0.717) is 0 Å². The van der Waals surface area contributed by atoms with Crippen LogP contribution in [0.3, 0.4) is 0 Å². The van der Waals surface area contributed by atoms with Gasteiger partial charge in [-0.1, -0.05) is 0 Å². The van der Waals surface area contributed by atoms with Gasteiger partial charge >= 0.3 is 121 Å². The standard InChI is InChI=1S/C13H13NO3SSe/c1-3-17-12(16)10-11(15)14(13(18-2)19-10)9-7-5-4-6-8-9/h4-8H,3H2,1-2H3. The van der Waals surface area contributed by atoms with Crippen molar-refractivity contribution in [2.75, 3.05) is 12.9 Å². The molecule has 4 nitrogen and oxygen atoms in total. The van der Waals surface area contributed by atoms with Gasteiger partial charge in [0.1, 0.15) is 0 Å². The van der Waals surface area contributed by atoms with E-state index in [1.54, 1.807) is 11.5 Å². The summed E-state index contributed by atoms with van der Waals surface area (Å²) < 4.78 is 7.73. The number of esters is 1. The van der Waals surface area contributed by atoms with Crippen LogP contribution >= 0.6 is 11.8 Å². The van der Waals surface area contributed by atoms with E-state index in [4.69, 9.17) is 4.74 Å². The minimum absolute atomic E-state index is 0.256. The molecule has 0 N–H and O–H groups in total. The van der Waals surface area contributed by atoms with Crippen molar-refractivity contribution in [3.8, 4) is 11.6 Å². The van der Waals surface area contributed by atoms with Crippen molar-refractivity contribution >= 4 is 32.2 Å². The van der Waals surface area contributed by atoms with Crippen LogP contribution in [0.4, 0.5) is 0 Å². The number of hydrogen-bond donors (Lipinski definition) is 0. The summed E-state index contributed by atoms with van der Waals surface area (Å²) in [4.78, 5) is 11.8. The van der Waals surface area contributed by atoms with Gasteiger partial charge in [0.2, 0.25) is 0 Å². The van der Waals surface area contributed by atoms with Crippen molar-refractivity contribution in [3.63, 3.8) is 0 Å². The van der Waals surface area contributed by atoms with E-state index in [1.807, 2.05) is 36.6 Å². The summed E-state index contributed by atoms with van der Waals surface area (Å²) in [6.07, 6.45) is 1.91. The first-order chi connectivity index (χ1) is 9.19. The third-order valence-corrected chi connectivity index (χ3v) is 6.33. The van der Waals surface area contributed by atoms with Crippen LogP contribution in [0.1, 0.15) is 16.2 Å². The Balaban J connectivity index is 2.52. The first-order valence-electron chi connectivity index (χ1n) is 5.71. The molecule has 6 heteroatoms. The summed E-state index contributed by atoms with van der Waals surface area (Å²) in [7, 11) is 0. The summed E-state index contributed by atoms with van der Waals surface area (Å²) in [5.41, 5.74) is 0.790. The number of rotatable bonds is 4. The molecule has 2 rings (SSSR count). The SMILES string of the molecule is CCOC(=O)c1[se]c(SC)[n+](-c2ccccc2)c1[O-]. The van der Waals surface area contributed by atoms with Gasteiger partial charge in [0, 0.05) is 0 Å². The maximum atomic E-state index is 12.4. The summed E-state index contributed by atoms with van der Waals surface area (Å²) in [5, 5.41) is 12.4. The monoisotopic (exact) mass is 343 g/mol. The van der Waals surface area contributed by atoms with E-state index in [2.05, 4.69) is 0 Å². The summed E-state index contributed by atoms with van der Waals surface area (Å²) in [6.45, 7) is 2.02. The first-order valence-corrected chi connectivity index (χ1v) is 8.65. The molecule has 0 unspecified atom stereocenters. The topological polar surface area (TPSA) is 53.2 Å². The van der Waals surface area contributed by atoms with E-state index in [0.717, 1.165) is 9.59 Å². The van der Waals surface area contributed by atoms with Crippen molar-refractivity contribution < 1.29 is 19.2 Å². The second-order valence-electron chi connectivity index (χ2n) is 3.60. The van der Waals surface area contributed by atoms with Crippen molar-refractivity contribution in [1.82, 2.24) is 0 Å². The predicted molar refractivity (Wildman–Crippen MR) is 72.1 cm³/mol. The molecule has 0 spiro atoms. The van der Waals surface area contributed by atoms with Crippen LogP contribution in [0.15, 0.2) is 34.2 Å². The molecule has 0 aliphatic heterocycles. The number of carbonyl (C=O) groups excluding carboxylic acids is 1. The Bertz CT molecular complexity index is 583. The van der Waals surface area contributed by atoms with E-state index in [9.17, 15) is 9.90 Å². The molecule has 19 heavy (non-hydrogen) atoms. The zero-order valence-corrected chi connectivity index (χ0v) is 13.1. The fourth-order valence-electron chi connectivity index (χ4n) is 1.62. The van der Waals surface area contributed by atoms with Gasteiger partial charge < -0.3 is 0 Å². The van der Waals surface area contributed by atoms with E-state index < -0.39 is 5.97 Å². The number of aromatic nitrogens is 1. The van der Waals surface area contributed by atoms with Crippen molar-refractivity contribution in [1.29, 1.82) is 0 Å². The summed E-state index contributed by atoms with van der Waals surface area (Å²) in [5.74, 6) is -0.744. The number of nitrogens with zero attached hydrogens (tertiary/aromatic N) is 1. The maximum absolute atomic E-state index is 12.4. The Labute approximate surface area is 121 Å². The summed E-state index contributed by atoms with van der Waals surface area (Å²) in [6, 6.07) is 9.35. The molecular formula is C13H13NO3SSe. The Morgan fingerprint density at radius 2 is 2.11 bits per heavy atom. The minimum atomic E-state index is -0.488. The van der Waals surface area contributed by atoms with Gasteiger partial charge in [0.15, 0.2) is 0 Å². The molecule has 1 aromatic carbocycles. The van der Waals surface area contributed by atoms with Crippen LogP contribution in [0.5, 0.6) is 5.88 Å². The number of ether oxygens (including phenoxy) is 1. The molecule has 2 aromatic rings. The molecule has 0 amide bonds. The number of hydrogen-bond acceptors (Lipinski definition) is 4. The Kier molecular flexibility index (Phi) is 4.69. The quantitative estimate of drug-likeness (QED) is 0.360. The molecule has 0 aliphatic carbocycles. The van der Waals surface area contributed by atoms with Crippen LogP contribution in [0.2, 0.25) is 0 Å². The molecule has 0 aliphatic rings. The van der Waals surface area contributed by atoms with E-state index >= 15 is 0 Å². The normalized spacial score (nSPS) is 10.4. The third kappa shape index (κ3) is 2.86. The van der Waals surface area contributed by atoms with E-state index in [1.165, 1.54) is 11.8 Å². The molecule has 1 aromatic heterocycles. The van der Waals surface area contributed by atoms with Gasteiger partial charge in [0.05, 0.1) is 0 Å². The van der Waals surface area contributed by atoms with E-state index in [-0.39, 0.29) is 31.4 Å². The van der Waals surface area contributed by atoms with Gasteiger partial charge in [-0.3, -0.25) is 0 Å². The van der Waals surface area contributed by atoms with Crippen molar-refractivity contribution in [2.24, 2.45) is 0 Å². The number of carbonyl (C=O) groups is 1. The second kappa shape index (κ2) is 6.28. The van der Waals surface area contributed by atoms with Gasteiger partial charge in [0.25, 0.3) is 0 Å². The molecule has 0 atom stereocenters. The van der Waals surface area contributed by atoms with Crippen LogP contribution in [-0.2, 0) is 4.74 Å². The van der Waals surface area contributed by atoms with Crippen molar-refractivity contribution in [3.05, 3.63) is 34.8 Å². The second-order valence-corrected chi connectivity index (χ2v) is 7.07.